The quantitative estimate of drug-likeness (QED) is 0.0943. The highest BCUT2D eigenvalue weighted by Gasteiger charge is 2.18. The van der Waals surface area contributed by atoms with Crippen LogP contribution in [-0.4, -0.2) is 46.7 Å². The monoisotopic (exact) mass is 366 g/mol. The number of allylic oxidation sites excluding steroid dienone is 5. The average Bonchev–Trinajstić information content (AvgIpc) is 2.55. The maximum absolute atomic E-state index is 11.7. The van der Waals surface area contributed by atoms with E-state index in [2.05, 4.69) is 10.6 Å². The summed E-state index contributed by atoms with van der Waals surface area (Å²) in [6.45, 7) is 2.13. The third kappa shape index (κ3) is 14.9. The predicted octanol–water partition coefficient (Wildman–Crippen LogP) is 1.04. The molecule has 0 spiro atoms. The van der Waals surface area contributed by atoms with Gasteiger partial charge in [0.25, 0.3) is 0 Å². The molecule has 2 unspecified atom stereocenters. The summed E-state index contributed by atoms with van der Waals surface area (Å²) in [5.74, 6) is -1.76. The number of amides is 1. The summed E-state index contributed by atoms with van der Waals surface area (Å²) in [6, 6.07) is -0.987. The number of unbranched alkanes of at least 4 members (excludes halogenated alkanes) is 1. The molecule has 8 nitrogen and oxygen atoms in total. The van der Waals surface area contributed by atoms with Crippen LogP contribution < -0.4 is 16.4 Å². The van der Waals surface area contributed by atoms with Crippen LogP contribution >= 0.6 is 0 Å². The molecule has 0 saturated carbocycles. The standard InChI is InChI=1S/C18H30N4O4/c1-14(23)10-7-5-3-2-4-6-8-12-16(24)22-15(17(25)26)11-9-13-21-18(19)20/h2-4,6,8,12,14-15,23H,5,7,9-11,13H2,1H3,(H,22,24)(H,25,26)(H4,19,20,21)/b3-2+,6-4+,12-8+. The maximum Gasteiger partial charge on any atom is 0.326 e. The molecule has 0 aromatic carbocycles. The Hall–Kier alpha value is -2.61. The number of rotatable bonds is 13. The van der Waals surface area contributed by atoms with Gasteiger partial charge in [-0.05, 0) is 39.0 Å². The van der Waals surface area contributed by atoms with Crippen LogP contribution in [0, 0.1) is 5.41 Å². The van der Waals surface area contributed by atoms with Gasteiger partial charge in [0.1, 0.15) is 6.04 Å². The van der Waals surface area contributed by atoms with Gasteiger partial charge in [0, 0.05) is 12.6 Å². The second-order valence-corrected chi connectivity index (χ2v) is 5.83. The van der Waals surface area contributed by atoms with Gasteiger partial charge in [-0.3, -0.25) is 10.2 Å². The largest absolute Gasteiger partial charge is 0.480 e. The topological polar surface area (TPSA) is 149 Å². The van der Waals surface area contributed by atoms with E-state index >= 15 is 0 Å². The Morgan fingerprint density at radius 3 is 2.46 bits per heavy atom. The number of hydrogen-bond acceptors (Lipinski definition) is 4. The molecule has 0 aromatic rings. The molecule has 146 valence electrons. The van der Waals surface area contributed by atoms with Gasteiger partial charge in [0.05, 0.1) is 6.10 Å². The number of aliphatic hydroxyl groups is 1. The summed E-state index contributed by atoms with van der Waals surface area (Å²) in [4.78, 5) is 22.9. The van der Waals surface area contributed by atoms with Crippen LogP contribution in [0.5, 0.6) is 0 Å². The van der Waals surface area contributed by atoms with Gasteiger partial charge < -0.3 is 26.6 Å². The number of guanidine groups is 1. The van der Waals surface area contributed by atoms with Crippen molar-refractivity contribution in [3.05, 3.63) is 36.5 Å². The Morgan fingerprint density at radius 2 is 1.85 bits per heavy atom. The SMILES string of the molecule is CC(O)CCC/C=C/C=C/C=C/C(=O)NC(CCCNC(=N)N)C(=O)O. The van der Waals surface area contributed by atoms with Crippen LogP contribution in [0.4, 0.5) is 0 Å². The Kier molecular flexibility index (Phi) is 13.2. The third-order valence-corrected chi connectivity index (χ3v) is 3.31. The van der Waals surface area contributed by atoms with Gasteiger partial charge in [-0.15, -0.1) is 0 Å². The maximum atomic E-state index is 11.7. The van der Waals surface area contributed by atoms with E-state index in [1.165, 1.54) is 12.2 Å². The molecule has 8 heteroatoms. The van der Waals surface area contributed by atoms with Gasteiger partial charge in [-0.25, -0.2) is 4.79 Å². The molecule has 0 fully saturated rings. The minimum absolute atomic E-state index is 0.173. The van der Waals surface area contributed by atoms with Gasteiger partial charge in [0.2, 0.25) is 5.91 Å². The molecule has 1 amide bonds. The molecule has 2 atom stereocenters. The zero-order valence-corrected chi connectivity index (χ0v) is 15.1. The molecular formula is C18H30N4O4. The molecule has 7 N–H and O–H groups in total. The van der Waals surface area contributed by atoms with E-state index in [-0.39, 0.29) is 18.5 Å². The molecule has 0 aromatic heterocycles. The first-order valence-corrected chi connectivity index (χ1v) is 8.62. The lowest BCUT2D eigenvalue weighted by Gasteiger charge is -2.13. The van der Waals surface area contributed by atoms with Crippen molar-refractivity contribution >= 4 is 17.8 Å². The van der Waals surface area contributed by atoms with Crippen molar-refractivity contribution in [3.8, 4) is 0 Å². The number of carboxylic acids is 1. The summed E-state index contributed by atoms with van der Waals surface area (Å²) < 4.78 is 0. The number of carbonyl (C=O) groups excluding carboxylic acids is 1. The van der Waals surface area contributed by atoms with Crippen LogP contribution in [-0.2, 0) is 9.59 Å². The van der Waals surface area contributed by atoms with Gasteiger partial charge in [-0.1, -0.05) is 30.4 Å². The van der Waals surface area contributed by atoms with E-state index in [1.54, 1.807) is 19.1 Å². The average molecular weight is 366 g/mol. The van der Waals surface area contributed by atoms with Crippen molar-refractivity contribution in [1.29, 1.82) is 5.41 Å². The minimum Gasteiger partial charge on any atom is -0.480 e. The highest BCUT2D eigenvalue weighted by atomic mass is 16.4. The molecule has 0 heterocycles. The first-order chi connectivity index (χ1) is 12.3. The van der Waals surface area contributed by atoms with E-state index in [4.69, 9.17) is 21.4 Å². The summed E-state index contributed by atoms with van der Waals surface area (Å²) in [5.41, 5.74) is 5.13. The minimum atomic E-state index is -1.11. The van der Waals surface area contributed by atoms with Crippen molar-refractivity contribution in [2.24, 2.45) is 5.73 Å². The van der Waals surface area contributed by atoms with Crippen molar-refractivity contribution in [3.63, 3.8) is 0 Å². The second-order valence-electron chi connectivity index (χ2n) is 5.83. The van der Waals surface area contributed by atoms with Crippen LogP contribution in [0.15, 0.2) is 36.5 Å². The van der Waals surface area contributed by atoms with Gasteiger partial charge in [-0.2, -0.15) is 0 Å². The molecule has 0 aliphatic carbocycles. The van der Waals surface area contributed by atoms with Crippen LogP contribution in [0.1, 0.15) is 39.0 Å². The highest BCUT2D eigenvalue weighted by Crippen LogP contribution is 2.01. The zero-order chi connectivity index (χ0) is 19.8. The molecule has 0 rings (SSSR count). The molecule has 0 aliphatic heterocycles. The van der Waals surface area contributed by atoms with E-state index in [9.17, 15) is 9.59 Å². The lowest BCUT2D eigenvalue weighted by Crippen LogP contribution is -2.40. The normalized spacial score (nSPS) is 13.9. The second kappa shape index (κ2) is 14.7. The summed E-state index contributed by atoms with van der Waals surface area (Å²) in [5, 5.41) is 30.2. The first-order valence-electron chi connectivity index (χ1n) is 8.62. The predicted molar refractivity (Wildman–Crippen MR) is 102 cm³/mol. The molecule has 0 aliphatic rings. The van der Waals surface area contributed by atoms with Gasteiger partial charge in [0.15, 0.2) is 5.96 Å². The fourth-order valence-corrected chi connectivity index (χ4v) is 1.98. The fourth-order valence-electron chi connectivity index (χ4n) is 1.98. The molecule has 0 radical (unpaired) electrons. The van der Waals surface area contributed by atoms with Crippen LogP contribution in [0.25, 0.3) is 0 Å². The van der Waals surface area contributed by atoms with E-state index in [0.717, 1.165) is 19.3 Å². The van der Waals surface area contributed by atoms with Crippen molar-refractivity contribution in [2.45, 2.75) is 51.2 Å². The molecular weight excluding hydrogens is 336 g/mol. The van der Waals surface area contributed by atoms with E-state index in [0.29, 0.717) is 13.0 Å². The Bertz CT molecular complexity index is 527. The van der Waals surface area contributed by atoms with Gasteiger partial charge >= 0.3 is 5.97 Å². The van der Waals surface area contributed by atoms with E-state index in [1.807, 2.05) is 12.2 Å². The number of nitrogens with one attached hydrogen (secondary N) is 3. The number of hydrogen-bond donors (Lipinski definition) is 6. The van der Waals surface area contributed by atoms with E-state index < -0.39 is 17.9 Å². The summed E-state index contributed by atoms with van der Waals surface area (Å²) >= 11 is 0. The zero-order valence-electron chi connectivity index (χ0n) is 15.1. The van der Waals surface area contributed by atoms with Crippen LogP contribution in [0.3, 0.4) is 0 Å². The Morgan fingerprint density at radius 1 is 1.15 bits per heavy atom. The van der Waals surface area contributed by atoms with Crippen LogP contribution in [0.2, 0.25) is 0 Å². The smallest absolute Gasteiger partial charge is 0.326 e. The Labute approximate surface area is 154 Å². The van der Waals surface area contributed by atoms with Crippen molar-refractivity contribution in [2.75, 3.05) is 6.54 Å². The fraction of sp³-hybridized carbons (Fsp3) is 0.500. The number of nitrogens with two attached hydrogens (primary N) is 1. The highest BCUT2D eigenvalue weighted by molar-refractivity contribution is 5.91. The summed E-state index contributed by atoms with van der Waals surface area (Å²) in [6.07, 6.45) is 13.1. The number of carboxylic acid groups (broad SMARTS) is 1. The third-order valence-electron chi connectivity index (χ3n) is 3.31. The molecule has 26 heavy (non-hydrogen) atoms. The van der Waals surface area contributed by atoms with Crippen molar-refractivity contribution in [1.82, 2.24) is 10.6 Å². The molecule has 0 saturated heterocycles. The number of aliphatic hydroxyl groups excluding tert-OH is 1. The molecule has 0 bridgehead atoms. The number of carbonyl (C=O) groups is 2. The lowest BCUT2D eigenvalue weighted by atomic mass is 10.1. The van der Waals surface area contributed by atoms with Crippen molar-refractivity contribution < 1.29 is 19.8 Å². The first kappa shape index (κ1) is 23.4. The number of aliphatic carboxylic acids is 1. The summed E-state index contributed by atoms with van der Waals surface area (Å²) in [7, 11) is 0. The Balaban J connectivity index is 4.11. The lowest BCUT2D eigenvalue weighted by molar-refractivity contribution is -0.141.